The van der Waals surface area contributed by atoms with Gasteiger partial charge < -0.3 is 9.88 Å². The second-order valence-electron chi connectivity index (χ2n) is 9.11. The maximum absolute atomic E-state index is 13.2. The van der Waals surface area contributed by atoms with Crippen LogP contribution in [0.5, 0.6) is 0 Å². The Hall–Kier alpha value is -4.23. The van der Waals surface area contributed by atoms with Crippen molar-refractivity contribution < 1.29 is 4.79 Å². The van der Waals surface area contributed by atoms with E-state index in [9.17, 15) is 9.59 Å². The Kier molecular flexibility index (Phi) is 7.65. The van der Waals surface area contributed by atoms with Gasteiger partial charge in [-0.05, 0) is 48.4 Å². The van der Waals surface area contributed by atoms with E-state index in [1.54, 1.807) is 35.0 Å². The second kappa shape index (κ2) is 11.4. The summed E-state index contributed by atoms with van der Waals surface area (Å²) in [6, 6.07) is 22.0. The minimum atomic E-state index is -0.182. The molecule has 0 saturated heterocycles. The molecule has 0 atom stereocenters. The van der Waals surface area contributed by atoms with Crippen LogP contribution in [0, 0.1) is 0 Å². The first kappa shape index (κ1) is 25.4. The van der Waals surface area contributed by atoms with E-state index in [-0.39, 0.29) is 11.5 Å². The molecule has 3 heterocycles. The zero-order valence-corrected chi connectivity index (χ0v) is 21.9. The molecule has 0 aliphatic heterocycles. The van der Waals surface area contributed by atoms with Crippen molar-refractivity contribution in [3.05, 3.63) is 112 Å². The molecule has 1 amide bonds. The minimum absolute atomic E-state index is 0.161. The van der Waals surface area contributed by atoms with E-state index < -0.39 is 0 Å². The molecule has 8 heteroatoms. The summed E-state index contributed by atoms with van der Waals surface area (Å²) in [5.74, 6) is 0.407. The van der Waals surface area contributed by atoms with Crippen molar-refractivity contribution in [3.8, 4) is 22.5 Å². The number of aryl methyl sites for hydroxylation is 1. The van der Waals surface area contributed by atoms with E-state index >= 15 is 0 Å². The maximum atomic E-state index is 13.2. The van der Waals surface area contributed by atoms with Crippen LogP contribution in [0.3, 0.4) is 0 Å². The molecule has 3 aromatic heterocycles. The van der Waals surface area contributed by atoms with Gasteiger partial charge in [-0.3, -0.25) is 19.0 Å². The Balaban J connectivity index is 1.48. The first-order chi connectivity index (χ1) is 18.5. The summed E-state index contributed by atoms with van der Waals surface area (Å²) in [6.45, 7) is 3.23. The van der Waals surface area contributed by atoms with Gasteiger partial charge in [-0.15, -0.1) is 0 Å². The predicted molar refractivity (Wildman–Crippen MR) is 150 cm³/mol. The van der Waals surface area contributed by atoms with Gasteiger partial charge in [-0.2, -0.15) is 0 Å². The van der Waals surface area contributed by atoms with E-state index in [0.29, 0.717) is 28.6 Å². The summed E-state index contributed by atoms with van der Waals surface area (Å²) < 4.78 is 3.69. The molecule has 5 aromatic rings. The number of unbranched alkanes of at least 4 members (excludes halogenated alkanes) is 2. The van der Waals surface area contributed by atoms with Gasteiger partial charge in [0.2, 0.25) is 5.78 Å². The van der Waals surface area contributed by atoms with Gasteiger partial charge in [0.05, 0.1) is 23.6 Å². The third kappa shape index (κ3) is 5.53. The van der Waals surface area contributed by atoms with Crippen LogP contribution in [0.1, 0.15) is 42.2 Å². The number of hydrogen-bond acceptors (Lipinski definition) is 4. The Bertz CT molecular complexity index is 1610. The molecular formula is C30H28ClN5O2. The van der Waals surface area contributed by atoms with Crippen molar-refractivity contribution in [2.24, 2.45) is 0 Å². The number of fused-ring (bicyclic) bond motifs is 1. The van der Waals surface area contributed by atoms with Crippen molar-refractivity contribution in [1.29, 1.82) is 0 Å². The Morgan fingerprint density at radius 1 is 0.974 bits per heavy atom. The number of benzene rings is 2. The van der Waals surface area contributed by atoms with Crippen molar-refractivity contribution in [1.82, 2.24) is 24.3 Å². The van der Waals surface area contributed by atoms with Crippen molar-refractivity contribution in [3.63, 3.8) is 0 Å². The zero-order chi connectivity index (χ0) is 26.5. The van der Waals surface area contributed by atoms with Crippen LogP contribution in [-0.2, 0) is 13.1 Å². The van der Waals surface area contributed by atoms with Crippen molar-refractivity contribution in [2.45, 2.75) is 39.3 Å². The minimum Gasteiger partial charge on any atom is -0.346 e. The lowest BCUT2D eigenvalue weighted by molar-refractivity contribution is 0.0950. The van der Waals surface area contributed by atoms with Gasteiger partial charge in [0.1, 0.15) is 0 Å². The predicted octanol–water partition coefficient (Wildman–Crippen LogP) is 6.00. The summed E-state index contributed by atoms with van der Waals surface area (Å²) in [5, 5.41) is 3.54. The average Bonchev–Trinajstić information content (AvgIpc) is 3.40. The molecule has 0 bridgehead atoms. The molecule has 0 spiro atoms. The Morgan fingerprint density at radius 2 is 1.74 bits per heavy atom. The molecule has 0 aliphatic carbocycles. The number of aromatic nitrogens is 4. The SMILES string of the molecule is CCCCCn1c(-c2ccc(C(=O)NCc3ccccn3)cc2)cc(=O)n2cc(-c3ccc(Cl)cc3)nc12. The fourth-order valence-corrected chi connectivity index (χ4v) is 4.53. The number of amides is 1. The van der Waals surface area contributed by atoms with Crippen LogP contribution in [0.4, 0.5) is 0 Å². The molecule has 7 nitrogen and oxygen atoms in total. The largest absolute Gasteiger partial charge is 0.346 e. The topological polar surface area (TPSA) is 81.3 Å². The van der Waals surface area contributed by atoms with Crippen molar-refractivity contribution in [2.75, 3.05) is 0 Å². The van der Waals surface area contributed by atoms with Gasteiger partial charge in [0, 0.05) is 41.2 Å². The maximum Gasteiger partial charge on any atom is 0.259 e. The number of halogens is 1. The molecule has 0 radical (unpaired) electrons. The highest BCUT2D eigenvalue weighted by molar-refractivity contribution is 6.30. The highest BCUT2D eigenvalue weighted by atomic mass is 35.5. The van der Waals surface area contributed by atoms with Gasteiger partial charge >= 0.3 is 0 Å². The van der Waals surface area contributed by atoms with E-state index in [2.05, 4.69) is 21.8 Å². The number of hydrogen-bond donors (Lipinski definition) is 1. The number of carbonyl (C=O) groups excluding carboxylic acids is 1. The molecule has 0 fully saturated rings. The lowest BCUT2D eigenvalue weighted by atomic mass is 10.1. The Labute approximate surface area is 225 Å². The van der Waals surface area contributed by atoms with Gasteiger partial charge in [-0.25, -0.2) is 4.98 Å². The smallest absolute Gasteiger partial charge is 0.259 e. The normalized spacial score (nSPS) is 11.1. The molecule has 0 unspecified atom stereocenters. The summed E-state index contributed by atoms with van der Waals surface area (Å²) in [4.78, 5) is 34.9. The summed E-state index contributed by atoms with van der Waals surface area (Å²) >= 11 is 6.06. The summed E-state index contributed by atoms with van der Waals surface area (Å²) in [6.07, 6.45) is 6.58. The molecule has 2 aromatic carbocycles. The van der Waals surface area contributed by atoms with Crippen LogP contribution in [0.2, 0.25) is 5.02 Å². The lowest BCUT2D eigenvalue weighted by Crippen LogP contribution is -2.23. The lowest BCUT2D eigenvalue weighted by Gasteiger charge is -2.15. The highest BCUT2D eigenvalue weighted by Crippen LogP contribution is 2.25. The van der Waals surface area contributed by atoms with Crippen LogP contribution < -0.4 is 10.9 Å². The molecule has 0 saturated carbocycles. The van der Waals surface area contributed by atoms with Gasteiger partial charge in [0.25, 0.3) is 11.5 Å². The average molecular weight is 526 g/mol. The summed E-state index contributed by atoms with van der Waals surface area (Å²) in [5.41, 5.74) is 4.38. The van der Waals surface area contributed by atoms with Crippen LogP contribution in [-0.4, -0.2) is 24.8 Å². The van der Waals surface area contributed by atoms with Crippen LogP contribution in [0.15, 0.2) is 90.0 Å². The number of nitrogens with one attached hydrogen (secondary N) is 1. The third-order valence-electron chi connectivity index (χ3n) is 6.44. The summed E-state index contributed by atoms with van der Waals surface area (Å²) in [7, 11) is 0. The monoisotopic (exact) mass is 525 g/mol. The molecule has 192 valence electrons. The number of nitrogens with zero attached hydrogens (tertiary/aromatic N) is 4. The second-order valence-corrected chi connectivity index (χ2v) is 9.55. The Morgan fingerprint density at radius 3 is 2.45 bits per heavy atom. The highest BCUT2D eigenvalue weighted by Gasteiger charge is 2.16. The number of rotatable bonds is 9. The molecule has 1 N–H and O–H groups in total. The number of imidazole rings is 1. The standard InChI is InChI=1S/C30H28ClN5O2/c1-2-3-6-17-35-27(18-28(37)36-20-26(34-30(35)36)21-12-14-24(31)15-13-21)22-8-10-23(11-9-22)29(38)33-19-25-7-4-5-16-32-25/h4-5,7-16,18,20H,2-3,6,17,19H2,1H3,(H,33,38). The van der Waals surface area contributed by atoms with E-state index in [1.165, 1.54) is 0 Å². The van der Waals surface area contributed by atoms with E-state index in [1.807, 2.05) is 54.6 Å². The van der Waals surface area contributed by atoms with E-state index in [0.717, 1.165) is 48.3 Å². The third-order valence-corrected chi connectivity index (χ3v) is 6.69. The van der Waals surface area contributed by atoms with Crippen molar-refractivity contribution >= 4 is 23.3 Å². The van der Waals surface area contributed by atoms with Gasteiger partial charge in [-0.1, -0.05) is 61.7 Å². The molecule has 38 heavy (non-hydrogen) atoms. The quantitative estimate of drug-likeness (QED) is 0.239. The fourth-order valence-electron chi connectivity index (χ4n) is 4.40. The molecular weight excluding hydrogens is 498 g/mol. The first-order valence-electron chi connectivity index (χ1n) is 12.7. The van der Waals surface area contributed by atoms with E-state index in [4.69, 9.17) is 16.6 Å². The van der Waals surface area contributed by atoms with Gasteiger partial charge in [0.15, 0.2) is 0 Å². The van der Waals surface area contributed by atoms with Crippen LogP contribution >= 0.6 is 11.6 Å². The number of pyridine rings is 1. The molecule has 0 aliphatic rings. The zero-order valence-electron chi connectivity index (χ0n) is 21.1. The van der Waals surface area contributed by atoms with Crippen LogP contribution in [0.25, 0.3) is 28.3 Å². The fraction of sp³-hybridized carbons (Fsp3) is 0.200. The number of carbonyl (C=O) groups is 1. The first-order valence-corrected chi connectivity index (χ1v) is 13.1. The molecule has 5 rings (SSSR count).